The molecule has 0 aliphatic heterocycles. The summed E-state index contributed by atoms with van der Waals surface area (Å²) in [5.74, 6) is 0.206. The van der Waals surface area contributed by atoms with Gasteiger partial charge >= 0.3 is 5.97 Å². The van der Waals surface area contributed by atoms with Gasteiger partial charge < -0.3 is 9.53 Å². The lowest BCUT2D eigenvalue weighted by molar-refractivity contribution is -0.134. The Morgan fingerprint density at radius 3 is 2.64 bits per heavy atom. The molecule has 0 aromatic heterocycles. The van der Waals surface area contributed by atoms with Gasteiger partial charge in [-0.05, 0) is 18.6 Å². The highest BCUT2D eigenvalue weighted by atomic mass is 16.5. The van der Waals surface area contributed by atoms with E-state index in [-0.39, 0.29) is 12.4 Å². The van der Waals surface area contributed by atoms with Gasteiger partial charge in [0.2, 0.25) is 0 Å². The number of esters is 1. The van der Waals surface area contributed by atoms with E-state index >= 15 is 0 Å². The molecular weight excluding hydrogens is 180 g/mol. The van der Waals surface area contributed by atoms with Crippen LogP contribution in [-0.4, -0.2) is 12.3 Å². The van der Waals surface area contributed by atoms with E-state index in [2.05, 4.69) is 0 Å². The molecule has 0 unspecified atom stereocenters. The van der Waals surface area contributed by atoms with Crippen LogP contribution in [0.25, 0.3) is 0 Å². The molecule has 0 atom stereocenters. The predicted molar refractivity (Wildman–Crippen MR) is 51.7 cm³/mol. The van der Waals surface area contributed by atoms with Crippen LogP contribution < -0.4 is 4.74 Å². The van der Waals surface area contributed by atoms with Crippen LogP contribution in [0.5, 0.6) is 5.75 Å². The fourth-order valence-electron chi connectivity index (χ4n) is 0.940. The van der Waals surface area contributed by atoms with Crippen molar-refractivity contribution in [3.05, 3.63) is 36.8 Å². The Kier molecular flexibility index (Phi) is 4.41. The number of benzene rings is 1. The molecule has 3 heteroatoms. The standard InChI is InChI=1S/C11H11O3/c12-9-5-4-8-11(13)14-10-6-2-1-3-7-10/h1-3,5-7,9H,4,8H2. The fraction of sp³-hybridized carbons (Fsp3) is 0.182. The van der Waals surface area contributed by atoms with E-state index in [9.17, 15) is 9.59 Å². The molecular formula is C11H11O3. The number of aldehydes is 1. The maximum Gasteiger partial charge on any atom is 0.311 e. The average molecular weight is 191 g/mol. The van der Waals surface area contributed by atoms with Crippen LogP contribution in [0.4, 0.5) is 0 Å². The van der Waals surface area contributed by atoms with Crippen molar-refractivity contribution in [1.29, 1.82) is 0 Å². The zero-order valence-electron chi connectivity index (χ0n) is 7.68. The summed E-state index contributed by atoms with van der Waals surface area (Å²) in [6.45, 7) is 0. The van der Waals surface area contributed by atoms with Crippen molar-refractivity contribution in [1.82, 2.24) is 0 Å². The summed E-state index contributed by atoms with van der Waals surface area (Å²) < 4.78 is 4.99. The molecule has 0 saturated heterocycles. The first-order chi connectivity index (χ1) is 6.83. The van der Waals surface area contributed by atoms with E-state index in [0.29, 0.717) is 18.5 Å². The van der Waals surface area contributed by atoms with Crippen molar-refractivity contribution >= 4 is 12.3 Å². The van der Waals surface area contributed by atoms with E-state index in [1.165, 1.54) is 6.42 Å². The molecule has 0 amide bonds. The molecule has 0 heterocycles. The fourth-order valence-corrected chi connectivity index (χ4v) is 0.940. The van der Waals surface area contributed by atoms with Crippen LogP contribution in [0.3, 0.4) is 0 Å². The minimum atomic E-state index is -0.325. The highest BCUT2D eigenvalue weighted by molar-refractivity contribution is 5.73. The molecule has 0 aliphatic rings. The monoisotopic (exact) mass is 191 g/mol. The molecule has 0 fully saturated rings. The Morgan fingerprint density at radius 2 is 2.00 bits per heavy atom. The second-order valence-electron chi connectivity index (χ2n) is 2.70. The number of hydrogen-bond acceptors (Lipinski definition) is 3. The second-order valence-corrected chi connectivity index (χ2v) is 2.70. The second kappa shape index (κ2) is 5.91. The molecule has 1 aromatic rings. The van der Waals surface area contributed by atoms with Gasteiger partial charge in [0.05, 0.1) is 0 Å². The zero-order valence-corrected chi connectivity index (χ0v) is 7.68. The Balaban J connectivity index is 2.31. The van der Waals surface area contributed by atoms with Gasteiger partial charge in [0.25, 0.3) is 0 Å². The number of carbonyl (C=O) groups excluding carboxylic acids is 2. The quantitative estimate of drug-likeness (QED) is 0.308. The minimum Gasteiger partial charge on any atom is -0.427 e. The van der Waals surface area contributed by atoms with Crippen LogP contribution in [0.1, 0.15) is 12.8 Å². The molecule has 73 valence electrons. The third-order valence-corrected chi connectivity index (χ3v) is 1.59. The van der Waals surface area contributed by atoms with Gasteiger partial charge in [-0.1, -0.05) is 18.2 Å². The van der Waals surface area contributed by atoms with Crippen molar-refractivity contribution in [2.45, 2.75) is 12.8 Å². The SMILES string of the molecule is O=C[CH]CCC(=O)Oc1ccccc1. The summed E-state index contributed by atoms with van der Waals surface area (Å²) in [6.07, 6.45) is 2.73. The van der Waals surface area contributed by atoms with E-state index in [1.807, 2.05) is 6.07 Å². The lowest BCUT2D eigenvalue weighted by Gasteiger charge is -2.01. The summed E-state index contributed by atoms with van der Waals surface area (Å²) in [4.78, 5) is 21.1. The molecule has 1 rings (SSSR count). The van der Waals surface area contributed by atoms with E-state index in [0.717, 1.165) is 0 Å². The van der Waals surface area contributed by atoms with Crippen molar-refractivity contribution in [2.75, 3.05) is 0 Å². The van der Waals surface area contributed by atoms with Crippen molar-refractivity contribution in [3.63, 3.8) is 0 Å². The number of ether oxygens (including phenoxy) is 1. The Bertz CT molecular complexity index is 293. The molecule has 0 aliphatic carbocycles. The summed E-state index contributed by atoms with van der Waals surface area (Å²) >= 11 is 0. The van der Waals surface area contributed by atoms with E-state index in [1.54, 1.807) is 24.3 Å². The molecule has 0 bridgehead atoms. The van der Waals surface area contributed by atoms with Crippen molar-refractivity contribution in [3.8, 4) is 5.75 Å². The molecule has 1 aromatic carbocycles. The van der Waals surface area contributed by atoms with Gasteiger partial charge in [-0.25, -0.2) is 0 Å². The third kappa shape index (κ3) is 3.85. The third-order valence-electron chi connectivity index (χ3n) is 1.59. The molecule has 0 saturated carbocycles. The van der Waals surface area contributed by atoms with Crippen LogP contribution in [0.15, 0.2) is 30.3 Å². The van der Waals surface area contributed by atoms with Crippen LogP contribution >= 0.6 is 0 Å². The molecule has 0 spiro atoms. The first-order valence-corrected chi connectivity index (χ1v) is 4.35. The largest absolute Gasteiger partial charge is 0.427 e. The van der Waals surface area contributed by atoms with Crippen molar-refractivity contribution in [2.24, 2.45) is 0 Å². The van der Waals surface area contributed by atoms with Gasteiger partial charge in [-0.3, -0.25) is 4.79 Å². The predicted octanol–water partition coefficient (Wildman–Crippen LogP) is 1.78. The first-order valence-electron chi connectivity index (χ1n) is 4.35. The smallest absolute Gasteiger partial charge is 0.311 e. The first kappa shape index (κ1) is 10.4. The van der Waals surface area contributed by atoms with E-state index in [4.69, 9.17) is 4.74 Å². The Morgan fingerprint density at radius 1 is 1.29 bits per heavy atom. The van der Waals surface area contributed by atoms with Gasteiger partial charge in [0.15, 0.2) is 0 Å². The number of carbonyl (C=O) groups is 2. The van der Waals surface area contributed by atoms with Crippen LogP contribution in [0, 0.1) is 6.42 Å². The highest BCUT2D eigenvalue weighted by Crippen LogP contribution is 2.09. The molecule has 14 heavy (non-hydrogen) atoms. The highest BCUT2D eigenvalue weighted by Gasteiger charge is 2.03. The maximum atomic E-state index is 11.1. The summed E-state index contributed by atoms with van der Waals surface area (Å²) in [5.41, 5.74) is 0. The van der Waals surface area contributed by atoms with Gasteiger partial charge in [0.1, 0.15) is 12.0 Å². The summed E-state index contributed by atoms with van der Waals surface area (Å²) in [6, 6.07) is 8.85. The summed E-state index contributed by atoms with van der Waals surface area (Å²) in [5, 5.41) is 0. The van der Waals surface area contributed by atoms with Crippen LogP contribution in [0.2, 0.25) is 0 Å². The normalized spacial score (nSPS) is 9.43. The lowest BCUT2D eigenvalue weighted by Crippen LogP contribution is -2.07. The number of rotatable bonds is 5. The van der Waals surface area contributed by atoms with E-state index < -0.39 is 0 Å². The number of para-hydroxylation sites is 1. The molecule has 3 nitrogen and oxygen atoms in total. The molecule has 0 N–H and O–H groups in total. The Labute approximate surface area is 82.7 Å². The van der Waals surface area contributed by atoms with Gasteiger partial charge in [0, 0.05) is 12.8 Å². The van der Waals surface area contributed by atoms with Gasteiger partial charge in [-0.15, -0.1) is 0 Å². The topological polar surface area (TPSA) is 43.4 Å². The number of unbranched alkanes of at least 4 members (excludes halogenated alkanes) is 1. The maximum absolute atomic E-state index is 11.1. The molecule has 1 radical (unpaired) electrons. The van der Waals surface area contributed by atoms with Crippen molar-refractivity contribution < 1.29 is 14.3 Å². The minimum absolute atomic E-state index is 0.230. The zero-order chi connectivity index (χ0) is 10.2. The average Bonchev–Trinajstić information content (AvgIpc) is 2.20. The van der Waals surface area contributed by atoms with Gasteiger partial charge in [-0.2, -0.15) is 0 Å². The Hall–Kier alpha value is -1.64. The summed E-state index contributed by atoms with van der Waals surface area (Å²) in [7, 11) is 0. The lowest BCUT2D eigenvalue weighted by atomic mass is 10.2. The number of hydrogen-bond donors (Lipinski definition) is 0. The van der Waals surface area contributed by atoms with Crippen LogP contribution in [-0.2, 0) is 9.59 Å².